The standard InChI is InChI=1S/C9H10BrClN6/c10-7-8(11)14-4-15-9(7)12-3-1-2-6-13-5-16-17-6/h4-5H,1-3H2,(H,12,14,15)(H,13,16,17). The number of aromatic nitrogens is 5. The number of halogens is 2. The smallest absolute Gasteiger partial charge is 0.148 e. The first-order chi connectivity index (χ1) is 8.27. The largest absolute Gasteiger partial charge is 0.369 e. The van der Waals surface area contributed by atoms with E-state index in [9.17, 15) is 0 Å². The van der Waals surface area contributed by atoms with Crippen LogP contribution in [-0.2, 0) is 6.42 Å². The summed E-state index contributed by atoms with van der Waals surface area (Å²) in [6.07, 6.45) is 4.68. The molecule has 0 spiro atoms. The summed E-state index contributed by atoms with van der Waals surface area (Å²) >= 11 is 9.17. The Morgan fingerprint density at radius 2 is 2.18 bits per heavy atom. The van der Waals surface area contributed by atoms with Gasteiger partial charge in [0.25, 0.3) is 0 Å². The van der Waals surface area contributed by atoms with Crippen molar-refractivity contribution in [2.24, 2.45) is 0 Å². The maximum Gasteiger partial charge on any atom is 0.148 e. The number of aromatic amines is 1. The van der Waals surface area contributed by atoms with Crippen molar-refractivity contribution >= 4 is 33.3 Å². The highest BCUT2D eigenvalue weighted by atomic mass is 79.9. The lowest BCUT2D eigenvalue weighted by molar-refractivity contribution is 0.802. The van der Waals surface area contributed by atoms with E-state index in [-0.39, 0.29) is 0 Å². The number of nitrogens with zero attached hydrogens (tertiary/aromatic N) is 4. The first-order valence-electron chi connectivity index (χ1n) is 5.01. The van der Waals surface area contributed by atoms with Crippen molar-refractivity contribution in [1.29, 1.82) is 0 Å². The Morgan fingerprint density at radius 3 is 2.94 bits per heavy atom. The van der Waals surface area contributed by atoms with Gasteiger partial charge in [-0.25, -0.2) is 15.0 Å². The number of rotatable bonds is 5. The van der Waals surface area contributed by atoms with Gasteiger partial charge in [-0.05, 0) is 22.4 Å². The van der Waals surface area contributed by atoms with Crippen LogP contribution >= 0.6 is 27.5 Å². The number of nitrogens with one attached hydrogen (secondary N) is 2. The molecule has 0 aliphatic carbocycles. The van der Waals surface area contributed by atoms with Crippen LogP contribution in [0.2, 0.25) is 5.15 Å². The third kappa shape index (κ3) is 3.37. The monoisotopic (exact) mass is 316 g/mol. The van der Waals surface area contributed by atoms with Gasteiger partial charge in [-0.15, -0.1) is 0 Å². The first kappa shape index (κ1) is 12.3. The summed E-state index contributed by atoms with van der Waals surface area (Å²) in [6, 6.07) is 0. The molecule has 6 nitrogen and oxygen atoms in total. The number of hydrogen-bond donors (Lipinski definition) is 2. The van der Waals surface area contributed by atoms with E-state index in [1.165, 1.54) is 12.7 Å². The molecule has 2 N–H and O–H groups in total. The zero-order chi connectivity index (χ0) is 12.1. The van der Waals surface area contributed by atoms with Crippen LogP contribution in [-0.4, -0.2) is 31.7 Å². The van der Waals surface area contributed by atoms with E-state index in [2.05, 4.69) is 46.4 Å². The van der Waals surface area contributed by atoms with Gasteiger partial charge in [-0.2, -0.15) is 5.10 Å². The Morgan fingerprint density at radius 1 is 1.29 bits per heavy atom. The van der Waals surface area contributed by atoms with Crippen LogP contribution in [0.1, 0.15) is 12.2 Å². The van der Waals surface area contributed by atoms with E-state index in [1.807, 2.05) is 0 Å². The van der Waals surface area contributed by atoms with Crippen LogP contribution in [0.4, 0.5) is 5.82 Å². The molecular formula is C9H10BrClN6. The third-order valence-corrected chi connectivity index (χ3v) is 3.36. The Bertz CT molecular complexity index is 474. The minimum Gasteiger partial charge on any atom is -0.369 e. The molecule has 0 fully saturated rings. The van der Waals surface area contributed by atoms with Crippen LogP contribution in [0.15, 0.2) is 17.1 Å². The molecule has 0 unspecified atom stereocenters. The predicted molar refractivity (Wildman–Crippen MR) is 67.9 cm³/mol. The van der Waals surface area contributed by atoms with Crippen molar-refractivity contribution < 1.29 is 0 Å². The molecule has 2 aromatic rings. The third-order valence-electron chi connectivity index (χ3n) is 2.09. The zero-order valence-electron chi connectivity index (χ0n) is 8.82. The summed E-state index contributed by atoms with van der Waals surface area (Å²) < 4.78 is 0.682. The van der Waals surface area contributed by atoms with E-state index in [4.69, 9.17) is 11.6 Å². The average Bonchev–Trinajstić information content (AvgIpc) is 2.83. The molecule has 0 saturated heterocycles. The summed E-state index contributed by atoms with van der Waals surface area (Å²) in [4.78, 5) is 12.0. The molecule has 0 aliphatic heterocycles. The molecule has 2 aromatic heterocycles. The molecule has 0 radical (unpaired) electrons. The second-order valence-corrected chi connectivity index (χ2v) is 4.44. The fraction of sp³-hybridized carbons (Fsp3) is 0.333. The van der Waals surface area contributed by atoms with Crippen LogP contribution in [0.5, 0.6) is 0 Å². The molecule has 8 heteroatoms. The topological polar surface area (TPSA) is 79.4 Å². The van der Waals surface area contributed by atoms with E-state index < -0.39 is 0 Å². The molecule has 0 amide bonds. The van der Waals surface area contributed by atoms with Crippen LogP contribution in [0, 0.1) is 0 Å². The summed E-state index contributed by atoms with van der Waals surface area (Å²) in [5.41, 5.74) is 0. The van der Waals surface area contributed by atoms with E-state index in [1.54, 1.807) is 0 Å². The maximum atomic E-state index is 5.85. The minimum atomic E-state index is 0.401. The fourth-order valence-electron chi connectivity index (χ4n) is 1.29. The van der Waals surface area contributed by atoms with E-state index in [0.717, 1.165) is 25.2 Å². The lowest BCUT2D eigenvalue weighted by Crippen LogP contribution is -2.06. The minimum absolute atomic E-state index is 0.401. The van der Waals surface area contributed by atoms with Gasteiger partial charge in [-0.1, -0.05) is 11.6 Å². The average molecular weight is 318 g/mol. The van der Waals surface area contributed by atoms with Gasteiger partial charge >= 0.3 is 0 Å². The van der Waals surface area contributed by atoms with Crippen molar-refractivity contribution in [3.63, 3.8) is 0 Å². The fourth-order valence-corrected chi connectivity index (χ4v) is 1.76. The Hall–Kier alpha value is -1.21. The number of H-pyrrole nitrogens is 1. The second kappa shape index (κ2) is 5.92. The van der Waals surface area contributed by atoms with Crippen molar-refractivity contribution in [2.75, 3.05) is 11.9 Å². The van der Waals surface area contributed by atoms with Gasteiger partial charge < -0.3 is 5.32 Å². The van der Waals surface area contributed by atoms with Gasteiger partial charge in [0, 0.05) is 13.0 Å². The first-order valence-corrected chi connectivity index (χ1v) is 6.18. The number of hydrogen-bond acceptors (Lipinski definition) is 5. The normalized spacial score (nSPS) is 10.5. The van der Waals surface area contributed by atoms with Crippen molar-refractivity contribution in [2.45, 2.75) is 12.8 Å². The van der Waals surface area contributed by atoms with Crippen LogP contribution < -0.4 is 5.32 Å². The van der Waals surface area contributed by atoms with Gasteiger partial charge in [-0.3, -0.25) is 5.10 Å². The van der Waals surface area contributed by atoms with Crippen molar-refractivity contribution in [1.82, 2.24) is 25.1 Å². The molecule has 2 heterocycles. The van der Waals surface area contributed by atoms with Gasteiger partial charge in [0.05, 0.1) is 4.47 Å². The lowest BCUT2D eigenvalue weighted by Gasteiger charge is -2.06. The summed E-state index contributed by atoms with van der Waals surface area (Å²) in [7, 11) is 0. The predicted octanol–water partition coefficient (Wildman–Crippen LogP) is 2.06. The SMILES string of the molecule is Clc1ncnc(NCCCc2ncn[nH]2)c1Br. The molecule has 0 bridgehead atoms. The molecule has 90 valence electrons. The van der Waals surface area contributed by atoms with E-state index >= 15 is 0 Å². The molecule has 0 atom stereocenters. The molecule has 0 aromatic carbocycles. The summed E-state index contributed by atoms with van der Waals surface area (Å²) in [6.45, 7) is 0.770. The van der Waals surface area contributed by atoms with Crippen molar-refractivity contribution in [3.05, 3.63) is 28.1 Å². The molecule has 0 saturated carbocycles. The van der Waals surface area contributed by atoms with Gasteiger partial charge in [0.2, 0.25) is 0 Å². The molecule has 17 heavy (non-hydrogen) atoms. The maximum absolute atomic E-state index is 5.85. The van der Waals surface area contributed by atoms with Gasteiger partial charge in [0.1, 0.15) is 29.5 Å². The molecule has 0 aliphatic rings. The molecule has 2 rings (SSSR count). The second-order valence-electron chi connectivity index (χ2n) is 3.29. The van der Waals surface area contributed by atoms with Crippen LogP contribution in [0.25, 0.3) is 0 Å². The Labute approximate surface area is 111 Å². The molecular weight excluding hydrogens is 307 g/mol. The Balaban J connectivity index is 1.80. The highest BCUT2D eigenvalue weighted by Crippen LogP contribution is 2.25. The number of aryl methyl sites for hydroxylation is 1. The van der Waals surface area contributed by atoms with E-state index in [0.29, 0.717) is 15.4 Å². The number of anilines is 1. The summed E-state index contributed by atoms with van der Waals surface area (Å²) in [5, 5.41) is 10.2. The Kier molecular flexibility index (Phi) is 4.27. The lowest BCUT2D eigenvalue weighted by atomic mass is 10.3. The highest BCUT2D eigenvalue weighted by Gasteiger charge is 2.05. The summed E-state index contributed by atoms with van der Waals surface area (Å²) in [5.74, 6) is 1.58. The van der Waals surface area contributed by atoms with Crippen molar-refractivity contribution in [3.8, 4) is 0 Å². The quantitative estimate of drug-likeness (QED) is 0.652. The van der Waals surface area contributed by atoms with Crippen LogP contribution in [0.3, 0.4) is 0 Å². The zero-order valence-corrected chi connectivity index (χ0v) is 11.2. The highest BCUT2D eigenvalue weighted by molar-refractivity contribution is 9.10. The van der Waals surface area contributed by atoms with Gasteiger partial charge in [0.15, 0.2) is 0 Å².